The molecule has 0 spiro atoms. The Bertz CT molecular complexity index is 667. The molecule has 0 saturated carbocycles. The summed E-state index contributed by atoms with van der Waals surface area (Å²) in [5.74, 6) is 0.269. The van der Waals surface area contributed by atoms with Gasteiger partial charge in [0.25, 0.3) is 5.91 Å². The molecule has 1 aliphatic heterocycles. The smallest absolute Gasteiger partial charge is 0.410 e. The van der Waals surface area contributed by atoms with Crippen molar-refractivity contribution in [1.82, 2.24) is 9.80 Å². The van der Waals surface area contributed by atoms with Gasteiger partial charge in [-0.25, -0.2) is 4.79 Å². The summed E-state index contributed by atoms with van der Waals surface area (Å²) in [5, 5.41) is 0.475. The molecule has 25 heavy (non-hydrogen) atoms. The van der Waals surface area contributed by atoms with Crippen molar-refractivity contribution in [3.05, 3.63) is 27.2 Å². The third-order valence-electron chi connectivity index (χ3n) is 3.69. The van der Waals surface area contributed by atoms with E-state index < -0.39 is 5.60 Å². The molecule has 0 unspecified atom stereocenters. The van der Waals surface area contributed by atoms with Gasteiger partial charge in [-0.05, 0) is 42.8 Å². The summed E-state index contributed by atoms with van der Waals surface area (Å²) >= 11 is 9.38. The molecule has 8 heteroatoms. The van der Waals surface area contributed by atoms with Gasteiger partial charge in [0, 0.05) is 36.7 Å². The van der Waals surface area contributed by atoms with Crippen LogP contribution in [0.25, 0.3) is 0 Å². The Hall–Kier alpha value is -1.47. The lowest BCUT2D eigenvalue weighted by Crippen LogP contribution is -2.51. The molecule has 0 N–H and O–H groups in total. The van der Waals surface area contributed by atoms with Crippen LogP contribution in [0.15, 0.2) is 16.6 Å². The monoisotopic (exact) mass is 432 g/mol. The highest BCUT2D eigenvalue weighted by Gasteiger charge is 2.29. The molecular weight excluding hydrogens is 412 g/mol. The highest BCUT2D eigenvalue weighted by molar-refractivity contribution is 9.10. The van der Waals surface area contributed by atoms with Gasteiger partial charge in [0.2, 0.25) is 0 Å². The number of halogens is 2. The van der Waals surface area contributed by atoms with Gasteiger partial charge in [-0.3, -0.25) is 4.79 Å². The first-order chi connectivity index (χ1) is 11.6. The summed E-state index contributed by atoms with van der Waals surface area (Å²) in [7, 11) is 1.50. The van der Waals surface area contributed by atoms with Crippen molar-refractivity contribution in [2.24, 2.45) is 0 Å². The van der Waals surface area contributed by atoms with Crippen LogP contribution in [0.4, 0.5) is 4.79 Å². The lowest BCUT2D eigenvalue weighted by Gasteiger charge is -2.35. The molecule has 2 rings (SSSR count). The molecule has 0 aromatic heterocycles. The Morgan fingerprint density at radius 1 is 1.12 bits per heavy atom. The fourth-order valence-corrected chi connectivity index (χ4v) is 2.95. The molecule has 1 aromatic carbocycles. The summed E-state index contributed by atoms with van der Waals surface area (Å²) in [6.07, 6.45) is -0.355. The number of hydrogen-bond acceptors (Lipinski definition) is 4. The van der Waals surface area contributed by atoms with Gasteiger partial charge in [-0.1, -0.05) is 11.6 Å². The molecule has 0 atom stereocenters. The minimum Gasteiger partial charge on any atom is -0.496 e. The molecule has 1 aliphatic rings. The average molecular weight is 434 g/mol. The first-order valence-electron chi connectivity index (χ1n) is 7.92. The fourth-order valence-electron chi connectivity index (χ4n) is 2.45. The zero-order valence-electron chi connectivity index (χ0n) is 14.8. The normalized spacial score (nSPS) is 15.1. The number of nitrogens with zero attached hydrogens (tertiary/aromatic N) is 2. The Balaban J connectivity index is 2.05. The number of benzene rings is 1. The van der Waals surface area contributed by atoms with Crippen molar-refractivity contribution < 1.29 is 19.1 Å². The van der Waals surface area contributed by atoms with Crippen LogP contribution in [0, 0.1) is 0 Å². The molecule has 1 aromatic rings. The molecule has 0 bridgehead atoms. The SMILES string of the molecule is COc1cc(Cl)c(Br)cc1C(=O)N1CCN(C(=O)OC(C)(C)C)CC1. The van der Waals surface area contributed by atoms with Crippen molar-refractivity contribution >= 4 is 39.5 Å². The van der Waals surface area contributed by atoms with Crippen molar-refractivity contribution in [1.29, 1.82) is 0 Å². The Kier molecular flexibility index (Phi) is 6.21. The lowest BCUT2D eigenvalue weighted by molar-refractivity contribution is 0.0140. The van der Waals surface area contributed by atoms with E-state index in [0.717, 1.165) is 0 Å². The van der Waals surface area contributed by atoms with Crippen LogP contribution in [-0.4, -0.2) is 60.7 Å². The maximum Gasteiger partial charge on any atom is 0.410 e. The van der Waals surface area contributed by atoms with E-state index in [2.05, 4.69) is 15.9 Å². The predicted octanol–water partition coefficient (Wildman–Crippen LogP) is 3.80. The van der Waals surface area contributed by atoms with E-state index in [4.69, 9.17) is 21.1 Å². The van der Waals surface area contributed by atoms with Crippen LogP contribution in [-0.2, 0) is 4.74 Å². The van der Waals surface area contributed by atoms with E-state index in [1.54, 1.807) is 21.9 Å². The van der Waals surface area contributed by atoms with E-state index in [0.29, 0.717) is 47.0 Å². The molecule has 2 amide bonds. The number of amides is 2. The maximum atomic E-state index is 12.8. The molecule has 6 nitrogen and oxygen atoms in total. The van der Waals surface area contributed by atoms with Gasteiger partial charge in [-0.2, -0.15) is 0 Å². The third kappa shape index (κ3) is 5.01. The maximum absolute atomic E-state index is 12.8. The standard InChI is InChI=1S/C17H22BrClN2O4/c1-17(2,3)25-16(23)21-7-5-20(6-8-21)15(22)11-9-12(18)13(19)10-14(11)24-4/h9-10H,5-8H2,1-4H3. The van der Waals surface area contributed by atoms with Gasteiger partial charge in [0.1, 0.15) is 11.4 Å². The van der Waals surface area contributed by atoms with Gasteiger partial charge in [0.15, 0.2) is 0 Å². The number of carbonyl (C=O) groups is 2. The molecule has 1 heterocycles. The quantitative estimate of drug-likeness (QED) is 0.712. The van der Waals surface area contributed by atoms with Crippen LogP contribution in [0.1, 0.15) is 31.1 Å². The summed E-state index contributed by atoms with van der Waals surface area (Å²) in [6, 6.07) is 3.26. The van der Waals surface area contributed by atoms with Crippen LogP contribution in [0.3, 0.4) is 0 Å². The van der Waals surface area contributed by atoms with Crippen molar-refractivity contribution in [2.45, 2.75) is 26.4 Å². The fraction of sp³-hybridized carbons (Fsp3) is 0.529. The molecule has 138 valence electrons. The number of methoxy groups -OCH3 is 1. The van der Waals surface area contributed by atoms with E-state index in [9.17, 15) is 9.59 Å². The van der Waals surface area contributed by atoms with Crippen molar-refractivity contribution in [2.75, 3.05) is 33.3 Å². The van der Waals surface area contributed by atoms with Gasteiger partial charge in [-0.15, -0.1) is 0 Å². The zero-order chi connectivity index (χ0) is 18.8. The second kappa shape index (κ2) is 7.83. The Morgan fingerprint density at radius 2 is 1.68 bits per heavy atom. The first kappa shape index (κ1) is 19.8. The second-order valence-corrected chi connectivity index (χ2v) is 7.99. The van der Waals surface area contributed by atoms with E-state index in [-0.39, 0.29) is 12.0 Å². The van der Waals surface area contributed by atoms with Crippen molar-refractivity contribution in [3.63, 3.8) is 0 Å². The Labute approximate surface area is 161 Å². The van der Waals surface area contributed by atoms with Crippen LogP contribution in [0.5, 0.6) is 5.75 Å². The van der Waals surface area contributed by atoms with Crippen molar-refractivity contribution in [3.8, 4) is 5.75 Å². The van der Waals surface area contributed by atoms with Crippen LogP contribution >= 0.6 is 27.5 Å². The molecule has 1 saturated heterocycles. The highest BCUT2D eigenvalue weighted by Crippen LogP contribution is 2.31. The number of carbonyl (C=O) groups excluding carboxylic acids is 2. The lowest BCUT2D eigenvalue weighted by atomic mass is 10.1. The van der Waals surface area contributed by atoms with Gasteiger partial charge < -0.3 is 19.3 Å². The third-order valence-corrected chi connectivity index (χ3v) is 4.89. The van der Waals surface area contributed by atoms with E-state index in [1.165, 1.54) is 7.11 Å². The summed E-state index contributed by atoms with van der Waals surface area (Å²) in [6.45, 7) is 7.21. The average Bonchev–Trinajstić information content (AvgIpc) is 2.55. The van der Waals surface area contributed by atoms with Gasteiger partial charge in [0.05, 0.1) is 17.7 Å². The Morgan fingerprint density at radius 3 is 2.20 bits per heavy atom. The zero-order valence-corrected chi connectivity index (χ0v) is 17.1. The molecule has 0 radical (unpaired) electrons. The van der Waals surface area contributed by atoms with Crippen LogP contribution < -0.4 is 4.74 Å². The topological polar surface area (TPSA) is 59.1 Å². The minimum atomic E-state index is -0.535. The molecule has 0 aliphatic carbocycles. The summed E-state index contributed by atoms with van der Waals surface area (Å²) < 4.78 is 11.3. The highest BCUT2D eigenvalue weighted by atomic mass is 79.9. The van der Waals surface area contributed by atoms with Crippen LogP contribution in [0.2, 0.25) is 5.02 Å². The largest absolute Gasteiger partial charge is 0.496 e. The molecular formula is C17H22BrClN2O4. The first-order valence-corrected chi connectivity index (χ1v) is 9.09. The number of rotatable bonds is 2. The number of ether oxygens (including phenoxy) is 2. The number of piperazine rings is 1. The second-order valence-electron chi connectivity index (χ2n) is 6.73. The number of hydrogen-bond donors (Lipinski definition) is 0. The summed E-state index contributed by atoms with van der Waals surface area (Å²) in [4.78, 5) is 28.2. The summed E-state index contributed by atoms with van der Waals surface area (Å²) in [5.41, 5.74) is -0.100. The van der Waals surface area contributed by atoms with E-state index >= 15 is 0 Å². The van der Waals surface area contributed by atoms with E-state index in [1.807, 2.05) is 20.8 Å². The molecule has 1 fully saturated rings. The van der Waals surface area contributed by atoms with Gasteiger partial charge >= 0.3 is 6.09 Å². The predicted molar refractivity (Wildman–Crippen MR) is 99.4 cm³/mol. The minimum absolute atomic E-state index is 0.155.